The molecule has 0 unspecified atom stereocenters. The summed E-state index contributed by atoms with van der Waals surface area (Å²) in [5, 5.41) is 0. The minimum Gasteiger partial charge on any atom is -0.383 e. The number of aromatic nitrogens is 4. The Labute approximate surface area is 106 Å². The Morgan fingerprint density at radius 2 is 2.33 bits per heavy atom. The van der Waals surface area contributed by atoms with Crippen LogP contribution in [0.4, 0.5) is 5.82 Å². The van der Waals surface area contributed by atoms with Crippen molar-refractivity contribution in [1.29, 1.82) is 0 Å². The lowest BCUT2D eigenvalue weighted by atomic mass is 10.3. The van der Waals surface area contributed by atoms with Crippen LogP contribution in [0.3, 0.4) is 0 Å². The molecular weight excluding hydrogens is 226 g/mol. The summed E-state index contributed by atoms with van der Waals surface area (Å²) in [6, 6.07) is 0. The van der Waals surface area contributed by atoms with Crippen molar-refractivity contribution in [3.63, 3.8) is 0 Å². The minimum atomic E-state index is 0.564. The zero-order valence-corrected chi connectivity index (χ0v) is 10.5. The maximum Gasteiger partial charge on any atom is 0.133 e. The minimum absolute atomic E-state index is 0.564. The van der Waals surface area contributed by atoms with Gasteiger partial charge in [0.25, 0.3) is 0 Å². The molecule has 0 saturated heterocycles. The van der Waals surface area contributed by atoms with Crippen molar-refractivity contribution in [2.24, 2.45) is 7.05 Å². The normalized spacial score (nSPS) is 14.9. The highest BCUT2D eigenvalue weighted by Gasteiger charge is 2.31. The highest BCUT2D eigenvalue weighted by atomic mass is 15.2. The number of hydrogen-bond donors (Lipinski definition) is 1. The van der Waals surface area contributed by atoms with Gasteiger partial charge in [-0.2, -0.15) is 0 Å². The van der Waals surface area contributed by atoms with Crippen molar-refractivity contribution < 1.29 is 0 Å². The van der Waals surface area contributed by atoms with E-state index < -0.39 is 0 Å². The first-order valence-corrected chi connectivity index (χ1v) is 6.16. The first-order chi connectivity index (χ1) is 8.72. The van der Waals surface area contributed by atoms with Gasteiger partial charge in [0.2, 0.25) is 0 Å². The summed E-state index contributed by atoms with van der Waals surface area (Å²) in [5.74, 6) is 2.36. The molecule has 1 aliphatic rings. The number of imidazole rings is 2. The molecule has 0 amide bonds. The van der Waals surface area contributed by atoms with Gasteiger partial charge in [-0.25, -0.2) is 9.97 Å². The molecule has 1 fully saturated rings. The molecule has 1 aliphatic carbocycles. The van der Waals surface area contributed by atoms with Gasteiger partial charge < -0.3 is 14.9 Å². The van der Waals surface area contributed by atoms with E-state index >= 15 is 0 Å². The van der Waals surface area contributed by atoms with E-state index in [1.807, 2.05) is 17.7 Å². The molecule has 94 valence electrons. The average molecular weight is 243 g/mol. The molecule has 2 N–H and O–H groups in total. The first kappa shape index (κ1) is 11.1. The summed E-state index contributed by atoms with van der Waals surface area (Å²) in [7, 11) is 1.95. The monoisotopic (exact) mass is 243 g/mol. The van der Waals surface area contributed by atoms with Gasteiger partial charge in [-0.05, 0) is 12.8 Å². The predicted molar refractivity (Wildman–Crippen MR) is 71.0 cm³/mol. The predicted octanol–water partition coefficient (Wildman–Crippen LogP) is 1.93. The van der Waals surface area contributed by atoms with E-state index in [2.05, 4.69) is 16.1 Å². The van der Waals surface area contributed by atoms with Crippen LogP contribution >= 0.6 is 0 Å². The zero-order valence-electron chi connectivity index (χ0n) is 10.5. The Bertz CT molecular complexity index is 589. The van der Waals surface area contributed by atoms with Crippen molar-refractivity contribution in [2.75, 3.05) is 5.73 Å². The van der Waals surface area contributed by atoms with Gasteiger partial charge in [-0.15, -0.1) is 6.58 Å². The van der Waals surface area contributed by atoms with Gasteiger partial charge in [0.1, 0.15) is 17.3 Å². The molecule has 0 bridgehead atoms. The van der Waals surface area contributed by atoms with Gasteiger partial charge in [0.15, 0.2) is 0 Å². The summed E-state index contributed by atoms with van der Waals surface area (Å²) in [6.07, 6.45) is 7.83. The van der Waals surface area contributed by atoms with Crippen LogP contribution in [0.1, 0.15) is 24.6 Å². The standard InChI is InChI=1S/C13H17N5/c1-3-6-18-12(14)11(10-7-15-8-17(10)2)16-13(18)9-4-5-9/h3,7-9H,1,4-6,14H2,2H3. The topological polar surface area (TPSA) is 61.7 Å². The Balaban J connectivity index is 2.13. The fraction of sp³-hybridized carbons (Fsp3) is 0.385. The van der Waals surface area contributed by atoms with E-state index in [4.69, 9.17) is 10.7 Å². The average Bonchev–Trinajstić information content (AvgIpc) is 3.04. The Kier molecular flexibility index (Phi) is 2.47. The van der Waals surface area contributed by atoms with Crippen LogP contribution in [-0.4, -0.2) is 19.1 Å². The van der Waals surface area contributed by atoms with E-state index in [1.54, 1.807) is 12.5 Å². The highest BCUT2D eigenvalue weighted by molar-refractivity contribution is 5.68. The molecule has 1 saturated carbocycles. The fourth-order valence-corrected chi connectivity index (χ4v) is 2.23. The molecule has 2 heterocycles. The third-order valence-corrected chi connectivity index (χ3v) is 3.35. The lowest BCUT2D eigenvalue weighted by Crippen LogP contribution is -2.05. The van der Waals surface area contributed by atoms with Gasteiger partial charge in [-0.1, -0.05) is 6.08 Å². The third kappa shape index (κ3) is 1.63. The lowest BCUT2D eigenvalue weighted by molar-refractivity contribution is 0.750. The van der Waals surface area contributed by atoms with Gasteiger partial charge in [-0.3, -0.25) is 0 Å². The van der Waals surface area contributed by atoms with Crippen LogP contribution in [0.25, 0.3) is 11.4 Å². The van der Waals surface area contributed by atoms with E-state index in [9.17, 15) is 0 Å². The third-order valence-electron chi connectivity index (χ3n) is 3.35. The second-order valence-corrected chi connectivity index (χ2v) is 4.77. The van der Waals surface area contributed by atoms with E-state index in [-0.39, 0.29) is 0 Å². The molecule has 5 nitrogen and oxygen atoms in total. The summed E-state index contributed by atoms with van der Waals surface area (Å²) < 4.78 is 4.00. The lowest BCUT2D eigenvalue weighted by Gasteiger charge is -2.05. The molecule has 2 aromatic rings. The Morgan fingerprint density at radius 3 is 2.89 bits per heavy atom. The maximum atomic E-state index is 6.23. The van der Waals surface area contributed by atoms with Crippen LogP contribution in [0.2, 0.25) is 0 Å². The molecular formula is C13H17N5. The molecule has 5 heteroatoms. The molecule has 18 heavy (non-hydrogen) atoms. The summed E-state index contributed by atoms with van der Waals surface area (Å²) in [5.41, 5.74) is 8.02. The number of aryl methyl sites for hydroxylation is 1. The fourth-order valence-electron chi connectivity index (χ4n) is 2.23. The number of nitrogen functional groups attached to an aromatic ring is 1. The van der Waals surface area contributed by atoms with Crippen LogP contribution in [-0.2, 0) is 13.6 Å². The van der Waals surface area contributed by atoms with Crippen LogP contribution in [0, 0.1) is 0 Å². The number of hydrogen-bond acceptors (Lipinski definition) is 3. The summed E-state index contributed by atoms with van der Waals surface area (Å²) in [6.45, 7) is 4.50. The van der Waals surface area contributed by atoms with Crippen LogP contribution < -0.4 is 5.73 Å². The van der Waals surface area contributed by atoms with Crippen LogP contribution in [0.15, 0.2) is 25.2 Å². The number of anilines is 1. The number of rotatable bonds is 4. The molecule has 0 aliphatic heterocycles. The Morgan fingerprint density at radius 1 is 1.56 bits per heavy atom. The molecule has 0 atom stereocenters. The first-order valence-electron chi connectivity index (χ1n) is 6.16. The number of allylic oxidation sites excluding steroid dienone is 1. The van der Waals surface area contributed by atoms with E-state index in [1.165, 1.54) is 12.8 Å². The second-order valence-electron chi connectivity index (χ2n) is 4.77. The maximum absolute atomic E-state index is 6.23. The quantitative estimate of drug-likeness (QED) is 0.835. The molecule has 3 rings (SSSR count). The molecule has 0 spiro atoms. The molecule has 2 aromatic heterocycles. The Hall–Kier alpha value is -2.04. The second kappa shape index (κ2) is 4.01. The van der Waals surface area contributed by atoms with Gasteiger partial charge in [0, 0.05) is 19.5 Å². The smallest absolute Gasteiger partial charge is 0.133 e. The van der Waals surface area contributed by atoms with E-state index in [0.717, 1.165) is 17.2 Å². The van der Waals surface area contributed by atoms with Crippen molar-refractivity contribution >= 4 is 5.82 Å². The van der Waals surface area contributed by atoms with E-state index in [0.29, 0.717) is 18.3 Å². The van der Waals surface area contributed by atoms with Crippen molar-refractivity contribution in [1.82, 2.24) is 19.1 Å². The largest absolute Gasteiger partial charge is 0.383 e. The van der Waals surface area contributed by atoms with Gasteiger partial charge >= 0.3 is 0 Å². The highest BCUT2D eigenvalue weighted by Crippen LogP contribution is 2.42. The van der Waals surface area contributed by atoms with Crippen molar-refractivity contribution in [3.8, 4) is 11.4 Å². The summed E-state index contributed by atoms with van der Waals surface area (Å²) in [4.78, 5) is 8.85. The summed E-state index contributed by atoms with van der Waals surface area (Å²) >= 11 is 0. The SMILES string of the molecule is C=CCn1c(C2CC2)nc(-c2cncn2C)c1N. The van der Waals surface area contributed by atoms with Crippen molar-refractivity contribution in [3.05, 3.63) is 31.0 Å². The molecule has 0 radical (unpaired) electrons. The number of nitrogens with two attached hydrogens (primary N) is 1. The number of nitrogens with zero attached hydrogens (tertiary/aromatic N) is 4. The van der Waals surface area contributed by atoms with Crippen LogP contribution in [0.5, 0.6) is 0 Å². The van der Waals surface area contributed by atoms with Crippen molar-refractivity contribution in [2.45, 2.75) is 25.3 Å². The zero-order chi connectivity index (χ0) is 12.7. The molecule has 0 aromatic carbocycles. The van der Waals surface area contributed by atoms with Gasteiger partial charge in [0.05, 0.1) is 18.2 Å².